The first-order chi connectivity index (χ1) is 10.6. The molecule has 1 aliphatic rings. The molecule has 1 heterocycles. The molecule has 0 radical (unpaired) electrons. The highest BCUT2D eigenvalue weighted by molar-refractivity contribution is 9.10. The third kappa shape index (κ3) is 3.20. The number of anilines is 2. The number of rotatable bonds is 2. The van der Waals surface area contributed by atoms with Crippen molar-refractivity contribution in [1.29, 1.82) is 0 Å². The van der Waals surface area contributed by atoms with Gasteiger partial charge >= 0.3 is 0 Å². The van der Waals surface area contributed by atoms with Crippen LogP contribution in [0.4, 0.5) is 11.4 Å². The minimum absolute atomic E-state index is 0.0318. The quantitative estimate of drug-likeness (QED) is 0.787. The summed E-state index contributed by atoms with van der Waals surface area (Å²) < 4.78 is 1.02. The van der Waals surface area contributed by atoms with Gasteiger partial charge in [-0.1, -0.05) is 34.1 Å². The van der Waals surface area contributed by atoms with Crippen molar-refractivity contribution < 1.29 is 4.79 Å². The van der Waals surface area contributed by atoms with Gasteiger partial charge in [0.2, 0.25) is 5.91 Å². The Bertz CT molecular complexity index is 738. The molecule has 0 fully saturated rings. The molecular weight excluding hydrogens is 342 g/mol. The molecule has 5 heteroatoms. The normalized spacial score (nSPS) is 15.9. The molecule has 4 nitrogen and oxygen atoms in total. The van der Waals surface area contributed by atoms with Gasteiger partial charge in [-0.3, -0.25) is 10.2 Å². The number of benzene rings is 2. The van der Waals surface area contributed by atoms with E-state index >= 15 is 0 Å². The summed E-state index contributed by atoms with van der Waals surface area (Å²) in [7, 11) is 0. The Morgan fingerprint density at radius 1 is 1.14 bits per heavy atom. The fourth-order valence-corrected chi connectivity index (χ4v) is 2.68. The first kappa shape index (κ1) is 14.8. The number of aryl methyl sites for hydroxylation is 1. The number of nitrogens with one attached hydrogen (secondary N) is 2. The van der Waals surface area contributed by atoms with Crippen molar-refractivity contribution in [3.63, 3.8) is 0 Å². The fraction of sp³-hybridized carbons (Fsp3) is 0.176. The molecular formula is C17H16BrN3O. The van der Waals surface area contributed by atoms with Crippen LogP contribution in [0.25, 0.3) is 0 Å². The van der Waals surface area contributed by atoms with Gasteiger partial charge in [-0.2, -0.15) is 5.10 Å². The van der Waals surface area contributed by atoms with E-state index in [9.17, 15) is 4.79 Å². The molecule has 0 aromatic heterocycles. The Hall–Kier alpha value is -2.14. The lowest BCUT2D eigenvalue weighted by Crippen LogP contribution is -2.10. The number of amides is 1. The molecule has 3 rings (SSSR count). The molecule has 0 saturated carbocycles. The van der Waals surface area contributed by atoms with Crippen LogP contribution in [0.1, 0.15) is 24.0 Å². The molecule has 2 aromatic carbocycles. The maximum atomic E-state index is 11.9. The van der Waals surface area contributed by atoms with E-state index in [1.165, 1.54) is 0 Å². The molecule has 0 unspecified atom stereocenters. The zero-order valence-corrected chi connectivity index (χ0v) is 13.8. The maximum Gasteiger partial charge on any atom is 0.224 e. The zero-order valence-electron chi connectivity index (χ0n) is 12.2. The Labute approximate surface area is 137 Å². The average molecular weight is 358 g/mol. The highest BCUT2D eigenvalue weighted by Crippen LogP contribution is 2.26. The third-order valence-electron chi connectivity index (χ3n) is 3.60. The van der Waals surface area contributed by atoms with Gasteiger partial charge in [-0.15, -0.1) is 0 Å². The van der Waals surface area contributed by atoms with Crippen molar-refractivity contribution in [2.75, 3.05) is 10.7 Å². The topological polar surface area (TPSA) is 53.5 Å². The smallest absolute Gasteiger partial charge is 0.224 e. The molecule has 2 aromatic rings. The van der Waals surface area contributed by atoms with Crippen molar-refractivity contribution in [2.24, 2.45) is 5.10 Å². The minimum atomic E-state index is 0.0318. The standard InChI is InChI=1S/C17H16BrN3O/c1-11-3-2-4-14-15(9-10-16(22)19-17(11)14)21-20-13-7-5-12(18)6-8-13/h2-8,20H,9-10H2,1H3,(H,19,22). The number of nitrogens with zero attached hydrogens (tertiary/aromatic N) is 1. The van der Waals surface area contributed by atoms with E-state index in [1.807, 2.05) is 49.4 Å². The van der Waals surface area contributed by atoms with Gasteiger partial charge in [-0.25, -0.2) is 0 Å². The molecule has 0 saturated heterocycles. The van der Waals surface area contributed by atoms with Gasteiger partial charge in [-0.05, 0) is 36.8 Å². The van der Waals surface area contributed by atoms with Crippen molar-refractivity contribution in [1.82, 2.24) is 0 Å². The Kier molecular flexibility index (Phi) is 4.24. The van der Waals surface area contributed by atoms with Crippen LogP contribution in [-0.2, 0) is 4.79 Å². The molecule has 0 bridgehead atoms. The zero-order chi connectivity index (χ0) is 15.5. The fourth-order valence-electron chi connectivity index (χ4n) is 2.42. The van der Waals surface area contributed by atoms with E-state index in [2.05, 4.69) is 31.8 Å². The highest BCUT2D eigenvalue weighted by atomic mass is 79.9. The number of hydrazone groups is 1. The molecule has 0 atom stereocenters. The van der Waals surface area contributed by atoms with E-state index in [4.69, 9.17) is 0 Å². The van der Waals surface area contributed by atoms with Crippen LogP contribution in [0, 0.1) is 6.92 Å². The molecule has 112 valence electrons. The summed E-state index contributed by atoms with van der Waals surface area (Å²) in [5.41, 5.74) is 7.76. The lowest BCUT2D eigenvalue weighted by Gasteiger charge is -2.11. The molecule has 22 heavy (non-hydrogen) atoms. The van der Waals surface area contributed by atoms with E-state index < -0.39 is 0 Å². The van der Waals surface area contributed by atoms with Crippen LogP contribution >= 0.6 is 15.9 Å². The van der Waals surface area contributed by atoms with E-state index in [0.29, 0.717) is 12.8 Å². The van der Waals surface area contributed by atoms with Gasteiger partial charge in [0.1, 0.15) is 0 Å². The third-order valence-corrected chi connectivity index (χ3v) is 4.13. The summed E-state index contributed by atoms with van der Waals surface area (Å²) in [6, 6.07) is 13.8. The van der Waals surface area contributed by atoms with Gasteiger partial charge in [0.15, 0.2) is 0 Å². The maximum absolute atomic E-state index is 11.9. The molecule has 1 amide bonds. The number of carbonyl (C=O) groups excluding carboxylic acids is 1. The lowest BCUT2D eigenvalue weighted by molar-refractivity contribution is -0.116. The SMILES string of the molecule is Cc1cccc2c1NC(=O)CCC2=NNc1ccc(Br)cc1. The summed E-state index contributed by atoms with van der Waals surface area (Å²) in [4.78, 5) is 11.9. The first-order valence-electron chi connectivity index (χ1n) is 7.11. The second-order valence-corrected chi connectivity index (χ2v) is 6.14. The van der Waals surface area contributed by atoms with Gasteiger partial charge in [0.25, 0.3) is 0 Å². The molecule has 0 aliphatic carbocycles. The van der Waals surface area contributed by atoms with Crippen molar-refractivity contribution in [3.05, 3.63) is 58.1 Å². The van der Waals surface area contributed by atoms with Crippen molar-refractivity contribution >= 4 is 38.9 Å². The summed E-state index contributed by atoms with van der Waals surface area (Å²) in [5.74, 6) is 0.0318. The number of halogens is 1. The predicted octanol–water partition coefficient (Wildman–Crippen LogP) is 4.31. The Morgan fingerprint density at radius 3 is 2.68 bits per heavy atom. The second kappa shape index (κ2) is 6.32. The Morgan fingerprint density at radius 2 is 1.91 bits per heavy atom. The van der Waals surface area contributed by atoms with E-state index in [0.717, 1.165) is 32.7 Å². The molecule has 2 N–H and O–H groups in total. The first-order valence-corrected chi connectivity index (χ1v) is 7.91. The largest absolute Gasteiger partial charge is 0.325 e. The van der Waals surface area contributed by atoms with Gasteiger partial charge in [0, 0.05) is 22.9 Å². The highest BCUT2D eigenvalue weighted by Gasteiger charge is 2.19. The monoisotopic (exact) mass is 357 g/mol. The molecule has 1 aliphatic heterocycles. The summed E-state index contributed by atoms with van der Waals surface area (Å²) in [6.07, 6.45) is 1.06. The van der Waals surface area contributed by atoms with Gasteiger partial charge < -0.3 is 5.32 Å². The Balaban J connectivity index is 1.93. The summed E-state index contributed by atoms with van der Waals surface area (Å²) in [5, 5.41) is 7.49. The average Bonchev–Trinajstić information content (AvgIpc) is 2.67. The van der Waals surface area contributed by atoms with Crippen LogP contribution in [0.5, 0.6) is 0 Å². The second-order valence-electron chi connectivity index (χ2n) is 5.22. The number of hydrogen-bond donors (Lipinski definition) is 2. The van der Waals surface area contributed by atoms with Crippen LogP contribution < -0.4 is 10.7 Å². The van der Waals surface area contributed by atoms with Crippen LogP contribution in [0.3, 0.4) is 0 Å². The predicted molar refractivity (Wildman–Crippen MR) is 93.3 cm³/mol. The van der Waals surface area contributed by atoms with Crippen molar-refractivity contribution in [2.45, 2.75) is 19.8 Å². The van der Waals surface area contributed by atoms with Crippen LogP contribution in [0.2, 0.25) is 0 Å². The van der Waals surface area contributed by atoms with Gasteiger partial charge in [0.05, 0.1) is 17.1 Å². The van der Waals surface area contributed by atoms with E-state index in [1.54, 1.807) is 0 Å². The summed E-state index contributed by atoms with van der Waals surface area (Å²) >= 11 is 3.41. The summed E-state index contributed by atoms with van der Waals surface area (Å²) in [6.45, 7) is 1.99. The van der Waals surface area contributed by atoms with Crippen LogP contribution in [-0.4, -0.2) is 11.6 Å². The van der Waals surface area contributed by atoms with Crippen LogP contribution in [0.15, 0.2) is 52.0 Å². The molecule has 0 spiro atoms. The number of fused-ring (bicyclic) bond motifs is 1. The number of carbonyl (C=O) groups is 1. The minimum Gasteiger partial charge on any atom is -0.325 e. The number of hydrogen-bond acceptors (Lipinski definition) is 3. The lowest BCUT2D eigenvalue weighted by atomic mass is 10.0. The number of para-hydroxylation sites is 1. The van der Waals surface area contributed by atoms with Crippen molar-refractivity contribution in [3.8, 4) is 0 Å². The van der Waals surface area contributed by atoms with E-state index in [-0.39, 0.29) is 5.91 Å².